The zero-order valence-corrected chi connectivity index (χ0v) is 17.3. The number of aromatic nitrogens is 2. The first-order valence-electron chi connectivity index (χ1n) is 9.17. The molecule has 0 aliphatic rings. The number of halogens is 2. The van der Waals surface area contributed by atoms with Crippen LogP contribution in [0, 0.1) is 5.82 Å². The van der Waals surface area contributed by atoms with E-state index < -0.39 is 11.4 Å². The van der Waals surface area contributed by atoms with E-state index in [1.165, 1.54) is 18.5 Å². The molecule has 2 N–H and O–H groups in total. The van der Waals surface area contributed by atoms with Gasteiger partial charge in [0.2, 0.25) is 0 Å². The first-order chi connectivity index (χ1) is 13.8. The molecule has 0 atom stereocenters. The van der Waals surface area contributed by atoms with Crippen LogP contribution in [0.15, 0.2) is 36.7 Å². The number of nitrogens with one attached hydrogen (secondary N) is 1. The van der Waals surface area contributed by atoms with Gasteiger partial charge in [0.1, 0.15) is 18.0 Å². The lowest BCUT2D eigenvalue weighted by atomic mass is 10.0. The van der Waals surface area contributed by atoms with Gasteiger partial charge in [0.05, 0.1) is 29.9 Å². The van der Waals surface area contributed by atoms with Crippen LogP contribution in [0.2, 0.25) is 5.02 Å². The van der Waals surface area contributed by atoms with Crippen LogP contribution in [-0.4, -0.2) is 34.4 Å². The lowest BCUT2D eigenvalue weighted by Crippen LogP contribution is -2.19. The van der Waals surface area contributed by atoms with Crippen LogP contribution < -0.4 is 14.8 Å². The lowest BCUT2D eigenvalue weighted by Gasteiger charge is -2.17. The molecule has 0 unspecified atom stereocenters. The summed E-state index contributed by atoms with van der Waals surface area (Å²) in [6.07, 6.45) is 2.73. The largest absolute Gasteiger partial charge is 0.493 e. The van der Waals surface area contributed by atoms with Gasteiger partial charge in [-0.3, -0.25) is 0 Å². The van der Waals surface area contributed by atoms with Gasteiger partial charge in [-0.05, 0) is 51.0 Å². The first kappa shape index (κ1) is 21.1. The summed E-state index contributed by atoms with van der Waals surface area (Å²) < 4.78 is 24.7. The Morgan fingerprint density at radius 1 is 1.17 bits per heavy atom. The quantitative estimate of drug-likeness (QED) is 0.494. The standard InChI is InChI=1S/C21H23ClFN3O3/c1-21(2,27)7-4-8-29-19-10-14-17(11-18(19)28-3)24-12-25-20(14)26-13-5-6-16(23)15(22)9-13/h5-6,9-12,27H,4,7-8H2,1-3H3,(H,24,25,26). The van der Waals surface area contributed by atoms with Crippen LogP contribution in [0.25, 0.3) is 10.9 Å². The molecule has 0 aliphatic heterocycles. The van der Waals surface area contributed by atoms with Gasteiger partial charge in [0.15, 0.2) is 11.5 Å². The monoisotopic (exact) mass is 419 g/mol. The highest BCUT2D eigenvalue weighted by atomic mass is 35.5. The number of fused-ring (bicyclic) bond motifs is 1. The van der Waals surface area contributed by atoms with E-state index in [0.717, 1.165) is 0 Å². The molecule has 1 aromatic heterocycles. The van der Waals surface area contributed by atoms with Crippen molar-refractivity contribution in [3.63, 3.8) is 0 Å². The summed E-state index contributed by atoms with van der Waals surface area (Å²) in [5.74, 6) is 1.14. The molecule has 6 nitrogen and oxygen atoms in total. The molecule has 0 saturated carbocycles. The second kappa shape index (κ2) is 8.80. The number of methoxy groups -OCH3 is 1. The molecule has 3 aromatic rings. The van der Waals surface area contributed by atoms with Crippen LogP contribution >= 0.6 is 11.6 Å². The van der Waals surface area contributed by atoms with E-state index in [4.69, 9.17) is 21.1 Å². The minimum absolute atomic E-state index is 0.0193. The van der Waals surface area contributed by atoms with Gasteiger partial charge < -0.3 is 19.9 Å². The van der Waals surface area contributed by atoms with Gasteiger partial charge in [0, 0.05) is 17.1 Å². The van der Waals surface area contributed by atoms with E-state index in [9.17, 15) is 9.50 Å². The minimum atomic E-state index is -0.738. The van der Waals surface area contributed by atoms with Crippen molar-refractivity contribution < 1.29 is 19.0 Å². The first-order valence-corrected chi connectivity index (χ1v) is 9.54. The maximum atomic E-state index is 13.4. The molecule has 0 amide bonds. The summed E-state index contributed by atoms with van der Waals surface area (Å²) in [6, 6.07) is 7.92. The van der Waals surface area contributed by atoms with Gasteiger partial charge in [-0.15, -0.1) is 0 Å². The molecule has 0 fully saturated rings. The Kier molecular flexibility index (Phi) is 6.39. The molecule has 29 heavy (non-hydrogen) atoms. The smallest absolute Gasteiger partial charge is 0.162 e. The van der Waals surface area contributed by atoms with Crippen LogP contribution in [0.1, 0.15) is 26.7 Å². The third-order valence-electron chi connectivity index (χ3n) is 4.29. The number of nitrogens with zero attached hydrogens (tertiary/aromatic N) is 2. The molecule has 1 heterocycles. The molecule has 154 valence electrons. The van der Waals surface area contributed by atoms with Crippen LogP contribution in [-0.2, 0) is 0 Å². The Bertz CT molecular complexity index is 1010. The highest BCUT2D eigenvalue weighted by Gasteiger charge is 2.14. The molecule has 0 saturated heterocycles. The molecule has 3 rings (SSSR count). The maximum Gasteiger partial charge on any atom is 0.162 e. The average molecular weight is 420 g/mol. The van der Waals surface area contributed by atoms with E-state index in [1.807, 2.05) is 0 Å². The lowest BCUT2D eigenvalue weighted by molar-refractivity contribution is 0.0640. The zero-order valence-electron chi connectivity index (χ0n) is 16.5. The second-order valence-electron chi connectivity index (χ2n) is 7.26. The van der Waals surface area contributed by atoms with Crippen molar-refractivity contribution >= 4 is 34.0 Å². The fourth-order valence-electron chi connectivity index (χ4n) is 2.83. The fraction of sp³-hybridized carbons (Fsp3) is 0.333. The summed E-state index contributed by atoms with van der Waals surface area (Å²) in [4.78, 5) is 8.58. The van der Waals surface area contributed by atoms with Crippen molar-refractivity contribution in [1.29, 1.82) is 0 Å². The summed E-state index contributed by atoms with van der Waals surface area (Å²) in [5.41, 5.74) is 0.523. The van der Waals surface area contributed by atoms with Gasteiger partial charge in [-0.25, -0.2) is 14.4 Å². The predicted molar refractivity (Wildman–Crippen MR) is 112 cm³/mol. The van der Waals surface area contributed by atoms with E-state index in [0.29, 0.717) is 53.4 Å². The van der Waals surface area contributed by atoms with E-state index >= 15 is 0 Å². The number of hydrogen-bond donors (Lipinski definition) is 2. The normalized spacial score (nSPS) is 11.5. The van der Waals surface area contributed by atoms with E-state index in [1.54, 1.807) is 39.2 Å². The Balaban J connectivity index is 1.88. The molecule has 2 aromatic carbocycles. The summed E-state index contributed by atoms with van der Waals surface area (Å²) in [6.45, 7) is 3.96. The number of anilines is 2. The van der Waals surface area contributed by atoms with E-state index in [-0.39, 0.29) is 5.02 Å². The molecule has 0 spiro atoms. The number of benzene rings is 2. The van der Waals surface area contributed by atoms with Gasteiger partial charge in [-0.1, -0.05) is 11.6 Å². The van der Waals surface area contributed by atoms with Gasteiger partial charge >= 0.3 is 0 Å². The van der Waals surface area contributed by atoms with Crippen molar-refractivity contribution in [3.8, 4) is 11.5 Å². The Labute approximate surface area is 173 Å². The van der Waals surface area contributed by atoms with Crippen molar-refractivity contribution in [1.82, 2.24) is 9.97 Å². The van der Waals surface area contributed by atoms with Gasteiger partial charge in [-0.2, -0.15) is 0 Å². The highest BCUT2D eigenvalue weighted by Crippen LogP contribution is 2.35. The SMILES string of the molecule is COc1cc2ncnc(Nc3ccc(F)c(Cl)c3)c2cc1OCCCC(C)(C)O. The number of aliphatic hydroxyl groups is 1. The Morgan fingerprint density at radius 3 is 2.66 bits per heavy atom. The van der Waals surface area contributed by atoms with Crippen LogP contribution in [0.5, 0.6) is 11.5 Å². The van der Waals surface area contributed by atoms with Crippen molar-refractivity contribution in [2.75, 3.05) is 19.0 Å². The summed E-state index contributed by atoms with van der Waals surface area (Å²) in [5, 5.41) is 13.7. The molecule has 0 bridgehead atoms. The Morgan fingerprint density at radius 2 is 1.97 bits per heavy atom. The van der Waals surface area contributed by atoms with Gasteiger partial charge in [0.25, 0.3) is 0 Å². The third-order valence-corrected chi connectivity index (χ3v) is 4.58. The summed E-state index contributed by atoms with van der Waals surface area (Å²) in [7, 11) is 1.56. The molecule has 0 radical (unpaired) electrons. The molecule has 8 heteroatoms. The zero-order chi connectivity index (χ0) is 21.0. The van der Waals surface area contributed by atoms with E-state index in [2.05, 4.69) is 15.3 Å². The average Bonchev–Trinajstić information content (AvgIpc) is 2.67. The highest BCUT2D eigenvalue weighted by molar-refractivity contribution is 6.31. The maximum absolute atomic E-state index is 13.4. The predicted octanol–water partition coefficient (Wildman–Crippen LogP) is 5.10. The van der Waals surface area contributed by atoms with Crippen LogP contribution in [0.3, 0.4) is 0 Å². The molecular weight excluding hydrogens is 397 g/mol. The van der Waals surface area contributed by atoms with Crippen molar-refractivity contribution in [2.45, 2.75) is 32.3 Å². The third kappa shape index (κ3) is 5.46. The second-order valence-corrected chi connectivity index (χ2v) is 7.67. The number of ether oxygens (including phenoxy) is 2. The fourth-order valence-corrected chi connectivity index (χ4v) is 3.01. The number of hydrogen-bond acceptors (Lipinski definition) is 6. The van der Waals surface area contributed by atoms with Crippen molar-refractivity contribution in [2.24, 2.45) is 0 Å². The summed E-state index contributed by atoms with van der Waals surface area (Å²) >= 11 is 5.86. The van der Waals surface area contributed by atoms with Crippen molar-refractivity contribution in [3.05, 3.63) is 47.5 Å². The Hall–Kier alpha value is -2.64. The molecule has 0 aliphatic carbocycles. The minimum Gasteiger partial charge on any atom is -0.493 e. The number of rotatable bonds is 8. The topological polar surface area (TPSA) is 76.5 Å². The van der Waals surface area contributed by atoms with Crippen LogP contribution in [0.4, 0.5) is 15.9 Å². The molecular formula is C21H23ClFN3O3.